The van der Waals surface area contributed by atoms with Gasteiger partial charge in [0.15, 0.2) is 0 Å². The molecule has 0 aromatic heterocycles. The van der Waals surface area contributed by atoms with E-state index in [-0.39, 0.29) is 59.3 Å². The number of phenols is 4. The minimum Gasteiger partial charge on any atom is -0.508 e. The second kappa shape index (κ2) is 11.5. The van der Waals surface area contributed by atoms with Gasteiger partial charge in [0, 0.05) is 37.3 Å². The monoisotopic (exact) mass is 484 g/mol. The summed E-state index contributed by atoms with van der Waals surface area (Å²) in [5.74, 6) is -1.02. The maximum atomic E-state index is 12.9. The molecular formula is C22H32N2O8S. The third kappa shape index (κ3) is 9.06. The maximum absolute atomic E-state index is 12.9. The van der Waals surface area contributed by atoms with Crippen LogP contribution in [-0.2, 0) is 18.8 Å². The molecule has 6 N–H and O–H groups in total. The average molecular weight is 485 g/mol. The fourth-order valence-electron chi connectivity index (χ4n) is 3.02. The van der Waals surface area contributed by atoms with Crippen molar-refractivity contribution in [2.24, 2.45) is 0 Å². The van der Waals surface area contributed by atoms with Crippen LogP contribution in [0.5, 0.6) is 23.0 Å². The Hall–Kier alpha value is -2.57. The van der Waals surface area contributed by atoms with Crippen molar-refractivity contribution in [1.82, 2.24) is 10.6 Å². The van der Waals surface area contributed by atoms with Gasteiger partial charge in [0.2, 0.25) is 0 Å². The normalized spacial score (nSPS) is 14.0. The lowest BCUT2D eigenvalue weighted by molar-refractivity contribution is 0.118. The molecule has 184 valence electrons. The molecule has 0 fully saturated rings. The highest BCUT2D eigenvalue weighted by atomic mass is 32.3. The lowest BCUT2D eigenvalue weighted by Gasteiger charge is -2.23. The molecule has 10 nitrogen and oxygen atoms in total. The molecule has 2 aromatic carbocycles. The van der Waals surface area contributed by atoms with Crippen LogP contribution >= 0.6 is 0 Å². The number of hydrogen-bond donors (Lipinski definition) is 6. The Morgan fingerprint density at radius 2 is 0.970 bits per heavy atom. The van der Waals surface area contributed by atoms with Crippen molar-refractivity contribution in [3.05, 3.63) is 47.5 Å². The zero-order chi connectivity index (χ0) is 24.8. The fraction of sp³-hybridized carbons (Fsp3) is 0.455. The highest BCUT2D eigenvalue weighted by Gasteiger charge is 2.28. The summed E-state index contributed by atoms with van der Waals surface area (Å²) in [5, 5.41) is 45.4. The van der Waals surface area contributed by atoms with Gasteiger partial charge in [-0.1, -0.05) is 27.7 Å². The van der Waals surface area contributed by atoms with Crippen molar-refractivity contribution in [2.45, 2.75) is 52.0 Å². The molecule has 2 atom stereocenters. The van der Waals surface area contributed by atoms with Gasteiger partial charge < -0.3 is 31.1 Å². The molecule has 0 amide bonds. The Morgan fingerprint density at radius 3 is 1.24 bits per heavy atom. The maximum Gasteiger partial charge on any atom is 0.401 e. The molecule has 0 aliphatic carbocycles. The van der Waals surface area contributed by atoms with Crippen LogP contribution in [0.2, 0.25) is 0 Å². The van der Waals surface area contributed by atoms with Gasteiger partial charge in [0.25, 0.3) is 0 Å². The van der Waals surface area contributed by atoms with Crippen molar-refractivity contribution < 1.29 is 37.2 Å². The second-order valence-electron chi connectivity index (χ2n) is 8.27. The first kappa shape index (κ1) is 26.7. The summed E-state index contributed by atoms with van der Waals surface area (Å²) < 4.78 is 36.4. The number of rotatable bonds is 12. The molecule has 0 heterocycles. The quantitative estimate of drug-likeness (QED) is 0.264. The molecule has 0 aliphatic heterocycles. The van der Waals surface area contributed by atoms with Crippen LogP contribution < -0.4 is 10.6 Å². The second-order valence-corrected chi connectivity index (χ2v) is 9.47. The van der Waals surface area contributed by atoms with Gasteiger partial charge in [-0.15, -0.1) is 0 Å². The Kier molecular flexibility index (Phi) is 9.32. The standard InChI is InChI=1S/C22H32N2O8S/c1-13(2)23-11-21(15-5-17(25)9-18(26)6-15)31-33(29,30)32-22(12-24-14(3)4)16-7-19(27)10-20(28)8-16/h5-10,13-14,21-28H,11-12H2,1-4H3. The van der Waals surface area contributed by atoms with E-state index in [2.05, 4.69) is 10.6 Å². The van der Waals surface area contributed by atoms with E-state index < -0.39 is 22.6 Å². The van der Waals surface area contributed by atoms with Gasteiger partial charge in [-0.3, -0.25) is 0 Å². The van der Waals surface area contributed by atoms with E-state index >= 15 is 0 Å². The minimum atomic E-state index is -4.63. The lowest BCUT2D eigenvalue weighted by Crippen LogP contribution is -2.33. The molecule has 2 aromatic rings. The van der Waals surface area contributed by atoms with Crippen LogP contribution in [0.15, 0.2) is 36.4 Å². The predicted octanol–water partition coefficient (Wildman–Crippen LogP) is 2.57. The average Bonchev–Trinajstić information content (AvgIpc) is 2.66. The van der Waals surface area contributed by atoms with Gasteiger partial charge >= 0.3 is 10.4 Å². The topological polar surface area (TPSA) is 158 Å². The van der Waals surface area contributed by atoms with Crippen LogP contribution in [0.4, 0.5) is 0 Å². The summed E-state index contributed by atoms with van der Waals surface area (Å²) in [6.45, 7) is 7.55. The zero-order valence-corrected chi connectivity index (χ0v) is 19.8. The molecule has 11 heteroatoms. The van der Waals surface area contributed by atoms with Crippen LogP contribution in [0.3, 0.4) is 0 Å². The smallest absolute Gasteiger partial charge is 0.401 e. The molecule has 33 heavy (non-hydrogen) atoms. The minimum absolute atomic E-state index is 0.00360. The first-order valence-electron chi connectivity index (χ1n) is 10.5. The van der Waals surface area contributed by atoms with E-state index in [1.165, 1.54) is 24.3 Å². The number of benzene rings is 2. The molecule has 0 saturated carbocycles. The van der Waals surface area contributed by atoms with E-state index in [4.69, 9.17) is 8.37 Å². The van der Waals surface area contributed by atoms with Gasteiger partial charge in [-0.25, -0.2) is 8.37 Å². The number of hydrogen-bond acceptors (Lipinski definition) is 10. The number of aromatic hydroxyl groups is 4. The molecule has 0 saturated heterocycles. The fourth-order valence-corrected chi connectivity index (χ4v) is 3.99. The summed E-state index contributed by atoms with van der Waals surface area (Å²) in [4.78, 5) is 0. The Bertz CT molecular complexity index is 911. The molecular weight excluding hydrogens is 452 g/mol. The number of phenolic OH excluding ortho intramolecular Hbond substituents is 4. The first-order valence-corrected chi connectivity index (χ1v) is 11.8. The number of nitrogens with one attached hydrogen (secondary N) is 2. The van der Waals surface area contributed by atoms with Crippen LogP contribution in [0.25, 0.3) is 0 Å². The zero-order valence-electron chi connectivity index (χ0n) is 19.0. The summed E-state index contributed by atoms with van der Waals surface area (Å²) in [7, 11) is -4.63. The Morgan fingerprint density at radius 1 is 0.667 bits per heavy atom. The summed E-state index contributed by atoms with van der Waals surface area (Å²) in [5.41, 5.74) is 0.444. The van der Waals surface area contributed by atoms with Crippen LogP contribution in [0.1, 0.15) is 51.0 Å². The summed E-state index contributed by atoms with van der Waals surface area (Å²) >= 11 is 0. The van der Waals surface area contributed by atoms with Crippen LogP contribution in [0, 0.1) is 0 Å². The van der Waals surface area contributed by atoms with E-state index in [1.54, 1.807) is 0 Å². The molecule has 2 unspecified atom stereocenters. The van der Waals surface area contributed by atoms with Gasteiger partial charge in [0.05, 0.1) is 0 Å². The van der Waals surface area contributed by atoms with Crippen molar-refractivity contribution in [3.8, 4) is 23.0 Å². The lowest BCUT2D eigenvalue weighted by atomic mass is 10.1. The third-order valence-corrected chi connectivity index (χ3v) is 5.42. The largest absolute Gasteiger partial charge is 0.508 e. The van der Waals surface area contributed by atoms with Crippen molar-refractivity contribution in [2.75, 3.05) is 13.1 Å². The highest BCUT2D eigenvalue weighted by molar-refractivity contribution is 7.81. The molecule has 2 rings (SSSR count). The van der Waals surface area contributed by atoms with Crippen molar-refractivity contribution >= 4 is 10.4 Å². The van der Waals surface area contributed by atoms with Crippen molar-refractivity contribution in [3.63, 3.8) is 0 Å². The summed E-state index contributed by atoms with van der Waals surface area (Å²) in [6, 6.07) is 7.38. The third-order valence-electron chi connectivity index (χ3n) is 4.48. The molecule has 0 radical (unpaired) electrons. The van der Waals surface area contributed by atoms with Crippen LogP contribution in [-0.4, -0.2) is 54.0 Å². The van der Waals surface area contributed by atoms with E-state index in [1.807, 2.05) is 27.7 Å². The van der Waals surface area contributed by atoms with E-state index in [0.717, 1.165) is 12.1 Å². The highest BCUT2D eigenvalue weighted by Crippen LogP contribution is 2.31. The first-order chi connectivity index (χ1) is 15.3. The van der Waals surface area contributed by atoms with Crippen molar-refractivity contribution in [1.29, 1.82) is 0 Å². The Labute approximate surface area is 194 Å². The van der Waals surface area contributed by atoms with Gasteiger partial charge in [-0.05, 0) is 35.4 Å². The predicted molar refractivity (Wildman–Crippen MR) is 122 cm³/mol. The molecule has 0 aliphatic rings. The van der Waals surface area contributed by atoms with Gasteiger partial charge in [-0.2, -0.15) is 8.42 Å². The van der Waals surface area contributed by atoms with E-state index in [0.29, 0.717) is 0 Å². The van der Waals surface area contributed by atoms with Gasteiger partial charge in [0.1, 0.15) is 35.2 Å². The Balaban J connectivity index is 2.32. The SMILES string of the molecule is CC(C)NCC(OS(=O)(=O)OC(CNC(C)C)c1cc(O)cc(O)c1)c1cc(O)cc(O)c1. The molecule has 0 bridgehead atoms. The molecule has 0 spiro atoms. The summed E-state index contributed by atoms with van der Waals surface area (Å²) in [6.07, 6.45) is -2.24. The van der Waals surface area contributed by atoms with E-state index in [9.17, 15) is 28.8 Å².